The van der Waals surface area contributed by atoms with E-state index in [4.69, 9.17) is 15.9 Å². The van der Waals surface area contributed by atoms with Gasteiger partial charge in [-0.1, -0.05) is 6.92 Å². The molecule has 1 aliphatic rings. The van der Waals surface area contributed by atoms with Gasteiger partial charge in [-0.2, -0.15) is 0 Å². The molecular weight excluding hydrogens is 192 g/mol. The third-order valence-electron chi connectivity index (χ3n) is 2.86. The van der Waals surface area contributed by atoms with E-state index in [0.29, 0.717) is 13.0 Å². The fourth-order valence-electron chi connectivity index (χ4n) is 1.72. The SMILES string of the molecule is C#CCCC1OC(C)(C)OCC1(C)CO. The fraction of sp³-hybridized carbons (Fsp3) is 0.833. The van der Waals surface area contributed by atoms with Crippen molar-refractivity contribution in [2.24, 2.45) is 5.41 Å². The first-order valence-corrected chi connectivity index (χ1v) is 5.30. The maximum Gasteiger partial charge on any atom is 0.163 e. The summed E-state index contributed by atoms with van der Waals surface area (Å²) in [7, 11) is 0. The van der Waals surface area contributed by atoms with Gasteiger partial charge in [0, 0.05) is 11.8 Å². The zero-order chi connectivity index (χ0) is 11.5. The Labute approximate surface area is 91.8 Å². The number of aliphatic hydroxyl groups excluding tert-OH is 1. The number of aliphatic hydroxyl groups is 1. The van der Waals surface area contributed by atoms with Crippen molar-refractivity contribution in [3.8, 4) is 12.3 Å². The van der Waals surface area contributed by atoms with E-state index in [1.165, 1.54) is 0 Å². The Kier molecular flexibility index (Phi) is 3.77. The molecule has 1 heterocycles. The molecule has 0 spiro atoms. The highest BCUT2D eigenvalue weighted by Gasteiger charge is 2.43. The van der Waals surface area contributed by atoms with E-state index in [-0.39, 0.29) is 18.1 Å². The van der Waals surface area contributed by atoms with E-state index in [9.17, 15) is 5.11 Å². The molecule has 1 aliphatic heterocycles. The summed E-state index contributed by atoms with van der Waals surface area (Å²) >= 11 is 0. The lowest BCUT2D eigenvalue weighted by Crippen LogP contribution is -2.53. The number of ether oxygens (including phenoxy) is 2. The predicted octanol–water partition coefficient (Wildman–Crippen LogP) is 1.55. The van der Waals surface area contributed by atoms with Gasteiger partial charge in [-0.25, -0.2) is 0 Å². The average Bonchev–Trinajstić information content (AvgIpc) is 2.20. The molecule has 2 atom stereocenters. The maximum atomic E-state index is 9.38. The highest BCUT2D eigenvalue weighted by atomic mass is 16.7. The molecule has 1 fully saturated rings. The van der Waals surface area contributed by atoms with Crippen LogP contribution in [0.3, 0.4) is 0 Å². The van der Waals surface area contributed by atoms with Crippen LogP contribution in [0.15, 0.2) is 0 Å². The molecule has 0 saturated carbocycles. The summed E-state index contributed by atoms with van der Waals surface area (Å²) < 4.78 is 11.4. The van der Waals surface area contributed by atoms with Gasteiger partial charge in [-0.05, 0) is 20.3 Å². The Morgan fingerprint density at radius 1 is 1.47 bits per heavy atom. The van der Waals surface area contributed by atoms with Crippen LogP contribution in [-0.4, -0.2) is 30.2 Å². The largest absolute Gasteiger partial charge is 0.396 e. The molecule has 86 valence electrons. The lowest BCUT2D eigenvalue weighted by molar-refractivity contribution is -0.320. The zero-order valence-corrected chi connectivity index (χ0v) is 9.75. The van der Waals surface area contributed by atoms with E-state index < -0.39 is 5.79 Å². The highest BCUT2D eigenvalue weighted by Crippen LogP contribution is 2.36. The van der Waals surface area contributed by atoms with Gasteiger partial charge >= 0.3 is 0 Å². The quantitative estimate of drug-likeness (QED) is 0.721. The Morgan fingerprint density at radius 3 is 2.67 bits per heavy atom. The zero-order valence-electron chi connectivity index (χ0n) is 9.75. The molecule has 0 aliphatic carbocycles. The highest BCUT2D eigenvalue weighted by molar-refractivity contribution is 4.92. The van der Waals surface area contributed by atoms with Crippen molar-refractivity contribution < 1.29 is 14.6 Å². The number of hydrogen-bond acceptors (Lipinski definition) is 3. The van der Waals surface area contributed by atoms with Crippen molar-refractivity contribution in [2.75, 3.05) is 13.2 Å². The molecule has 1 saturated heterocycles. The van der Waals surface area contributed by atoms with Gasteiger partial charge in [0.1, 0.15) is 0 Å². The molecular formula is C12H20O3. The van der Waals surface area contributed by atoms with Gasteiger partial charge in [0.15, 0.2) is 5.79 Å². The molecule has 3 heteroatoms. The minimum Gasteiger partial charge on any atom is -0.396 e. The van der Waals surface area contributed by atoms with Gasteiger partial charge in [0.05, 0.1) is 19.3 Å². The molecule has 0 aromatic carbocycles. The topological polar surface area (TPSA) is 38.7 Å². The lowest BCUT2D eigenvalue weighted by Gasteiger charge is -2.46. The van der Waals surface area contributed by atoms with Crippen molar-refractivity contribution in [1.29, 1.82) is 0 Å². The van der Waals surface area contributed by atoms with Crippen LogP contribution in [0.1, 0.15) is 33.6 Å². The van der Waals surface area contributed by atoms with Crippen LogP contribution in [0.2, 0.25) is 0 Å². The van der Waals surface area contributed by atoms with Crippen molar-refractivity contribution in [3.05, 3.63) is 0 Å². The van der Waals surface area contributed by atoms with Crippen molar-refractivity contribution >= 4 is 0 Å². The molecule has 3 nitrogen and oxygen atoms in total. The van der Waals surface area contributed by atoms with Gasteiger partial charge in [0.2, 0.25) is 0 Å². The van der Waals surface area contributed by atoms with Crippen LogP contribution in [0.25, 0.3) is 0 Å². The third kappa shape index (κ3) is 2.94. The normalized spacial score (nSPS) is 34.7. The molecule has 1 rings (SSSR count). The van der Waals surface area contributed by atoms with Gasteiger partial charge in [-0.15, -0.1) is 12.3 Å². The summed E-state index contributed by atoms with van der Waals surface area (Å²) in [6.07, 6.45) is 6.63. The van der Waals surface area contributed by atoms with E-state index in [0.717, 1.165) is 6.42 Å². The first-order chi connectivity index (χ1) is 6.93. The minimum absolute atomic E-state index is 0.0395. The van der Waals surface area contributed by atoms with Crippen LogP contribution in [0.4, 0.5) is 0 Å². The van der Waals surface area contributed by atoms with Crippen LogP contribution in [-0.2, 0) is 9.47 Å². The van der Waals surface area contributed by atoms with Crippen molar-refractivity contribution in [3.63, 3.8) is 0 Å². The molecule has 0 aromatic heterocycles. The Bertz CT molecular complexity index is 254. The number of rotatable bonds is 3. The Morgan fingerprint density at radius 2 is 2.13 bits per heavy atom. The summed E-state index contributed by atoms with van der Waals surface area (Å²) in [6, 6.07) is 0. The summed E-state index contributed by atoms with van der Waals surface area (Å²) in [5, 5.41) is 9.38. The first-order valence-electron chi connectivity index (χ1n) is 5.30. The second-order valence-corrected chi connectivity index (χ2v) is 4.85. The second-order valence-electron chi connectivity index (χ2n) is 4.85. The van der Waals surface area contributed by atoms with Crippen LogP contribution in [0.5, 0.6) is 0 Å². The smallest absolute Gasteiger partial charge is 0.163 e. The summed E-state index contributed by atoms with van der Waals surface area (Å²) in [4.78, 5) is 0. The molecule has 2 unspecified atom stereocenters. The molecule has 15 heavy (non-hydrogen) atoms. The molecule has 0 amide bonds. The minimum atomic E-state index is -0.575. The molecule has 0 radical (unpaired) electrons. The van der Waals surface area contributed by atoms with Crippen molar-refractivity contribution in [1.82, 2.24) is 0 Å². The van der Waals surface area contributed by atoms with Crippen LogP contribution < -0.4 is 0 Å². The Balaban J connectivity index is 2.70. The second kappa shape index (κ2) is 4.52. The van der Waals surface area contributed by atoms with E-state index in [2.05, 4.69) is 5.92 Å². The monoisotopic (exact) mass is 212 g/mol. The Hall–Kier alpha value is -0.560. The summed E-state index contributed by atoms with van der Waals surface area (Å²) in [6.45, 7) is 6.28. The summed E-state index contributed by atoms with van der Waals surface area (Å²) in [5.74, 6) is 2.03. The maximum absolute atomic E-state index is 9.38. The molecule has 0 aromatic rings. The summed E-state index contributed by atoms with van der Waals surface area (Å²) in [5.41, 5.74) is -0.341. The van der Waals surface area contributed by atoms with Crippen molar-refractivity contribution in [2.45, 2.75) is 45.5 Å². The lowest BCUT2D eigenvalue weighted by atomic mass is 9.82. The van der Waals surface area contributed by atoms with E-state index >= 15 is 0 Å². The molecule has 0 bridgehead atoms. The molecule has 1 N–H and O–H groups in total. The van der Waals surface area contributed by atoms with E-state index in [1.54, 1.807) is 0 Å². The number of terminal acetylenes is 1. The average molecular weight is 212 g/mol. The first kappa shape index (κ1) is 12.5. The van der Waals surface area contributed by atoms with Crippen LogP contribution in [0, 0.1) is 17.8 Å². The number of hydrogen-bond donors (Lipinski definition) is 1. The predicted molar refractivity (Wildman–Crippen MR) is 58.2 cm³/mol. The van der Waals surface area contributed by atoms with Crippen LogP contribution >= 0.6 is 0 Å². The van der Waals surface area contributed by atoms with Gasteiger partial charge in [0.25, 0.3) is 0 Å². The van der Waals surface area contributed by atoms with E-state index in [1.807, 2.05) is 20.8 Å². The fourth-order valence-corrected chi connectivity index (χ4v) is 1.72. The van der Waals surface area contributed by atoms with Gasteiger partial charge in [-0.3, -0.25) is 0 Å². The third-order valence-corrected chi connectivity index (χ3v) is 2.86. The van der Waals surface area contributed by atoms with Gasteiger partial charge < -0.3 is 14.6 Å². The standard InChI is InChI=1S/C12H20O3/c1-5-6-7-10-12(4,8-13)9-14-11(2,3)15-10/h1,10,13H,6-9H2,2-4H3.